The number of rotatable bonds is 2. The largest absolute Gasteiger partial charge is 0.437 e. The number of oxazole rings is 1. The minimum Gasteiger partial charge on any atom is -0.437 e. The van der Waals surface area contributed by atoms with Crippen LogP contribution in [-0.2, 0) is 0 Å². The van der Waals surface area contributed by atoms with Gasteiger partial charge in [-0.15, -0.1) is 0 Å². The van der Waals surface area contributed by atoms with Crippen LogP contribution >= 0.6 is 22.6 Å². The van der Waals surface area contributed by atoms with Gasteiger partial charge in [0.1, 0.15) is 5.52 Å². The molecule has 0 saturated heterocycles. The van der Waals surface area contributed by atoms with Crippen LogP contribution in [0.25, 0.3) is 23.3 Å². The van der Waals surface area contributed by atoms with Gasteiger partial charge >= 0.3 is 0 Å². The Bertz CT molecular complexity index is 762. The van der Waals surface area contributed by atoms with Crippen LogP contribution in [-0.4, -0.2) is 4.98 Å². The molecule has 0 aliphatic carbocycles. The van der Waals surface area contributed by atoms with Crippen molar-refractivity contribution in [2.24, 2.45) is 0 Å². The fraction of sp³-hybridized carbons (Fsp3) is 0. The number of nitrogens with two attached hydrogens (primary N) is 1. The van der Waals surface area contributed by atoms with E-state index in [1.165, 1.54) is 0 Å². The summed E-state index contributed by atoms with van der Waals surface area (Å²) in [6.45, 7) is 0. The zero-order valence-corrected chi connectivity index (χ0v) is 12.2. The summed E-state index contributed by atoms with van der Waals surface area (Å²) in [7, 11) is 0. The van der Waals surface area contributed by atoms with Gasteiger partial charge in [0, 0.05) is 15.3 Å². The highest BCUT2D eigenvalue weighted by Crippen LogP contribution is 2.20. The van der Waals surface area contributed by atoms with Gasteiger partial charge in [-0.25, -0.2) is 4.98 Å². The zero-order valence-electron chi connectivity index (χ0n) is 10.0. The van der Waals surface area contributed by atoms with Gasteiger partial charge < -0.3 is 10.2 Å². The highest BCUT2D eigenvalue weighted by molar-refractivity contribution is 14.1. The predicted octanol–water partition coefficient (Wildman–Crippen LogP) is 4.19. The smallest absolute Gasteiger partial charge is 0.220 e. The van der Waals surface area contributed by atoms with Crippen LogP contribution in [0.3, 0.4) is 0 Å². The van der Waals surface area contributed by atoms with E-state index in [0.29, 0.717) is 5.89 Å². The van der Waals surface area contributed by atoms with Crippen molar-refractivity contribution in [3.63, 3.8) is 0 Å². The Morgan fingerprint density at radius 2 is 1.95 bits per heavy atom. The van der Waals surface area contributed by atoms with Crippen LogP contribution in [0.2, 0.25) is 0 Å². The fourth-order valence-electron chi connectivity index (χ4n) is 1.81. The molecule has 0 atom stereocenters. The molecule has 0 radical (unpaired) electrons. The summed E-state index contributed by atoms with van der Waals surface area (Å²) in [5, 5.41) is 0. The molecule has 0 aliphatic rings. The third kappa shape index (κ3) is 2.63. The summed E-state index contributed by atoms with van der Waals surface area (Å²) in [6, 6.07) is 13.6. The average Bonchev–Trinajstić information content (AvgIpc) is 2.79. The molecule has 4 heteroatoms. The highest BCUT2D eigenvalue weighted by atomic mass is 127. The summed E-state index contributed by atoms with van der Waals surface area (Å²) < 4.78 is 6.78. The van der Waals surface area contributed by atoms with Crippen LogP contribution in [0.15, 0.2) is 46.9 Å². The first-order chi connectivity index (χ1) is 9.22. The van der Waals surface area contributed by atoms with Crippen molar-refractivity contribution in [2.45, 2.75) is 0 Å². The Labute approximate surface area is 124 Å². The number of hydrogen-bond donors (Lipinski definition) is 1. The molecule has 2 aromatic carbocycles. The molecular formula is C15H11IN2O. The van der Waals surface area contributed by atoms with Gasteiger partial charge in [-0.2, -0.15) is 0 Å². The minimum atomic E-state index is 0.584. The van der Waals surface area contributed by atoms with Crippen LogP contribution in [0.5, 0.6) is 0 Å². The van der Waals surface area contributed by atoms with Gasteiger partial charge in [-0.3, -0.25) is 0 Å². The van der Waals surface area contributed by atoms with E-state index >= 15 is 0 Å². The topological polar surface area (TPSA) is 52.0 Å². The Morgan fingerprint density at radius 3 is 2.79 bits per heavy atom. The third-order valence-electron chi connectivity index (χ3n) is 2.77. The van der Waals surface area contributed by atoms with Crippen LogP contribution in [0.1, 0.15) is 11.5 Å². The van der Waals surface area contributed by atoms with E-state index in [1.54, 1.807) is 0 Å². The number of nitrogen functional groups attached to an aromatic ring is 1. The van der Waals surface area contributed by atoms with Gasteiger partial charge in [0.05, 0.1) is 0 Å². The Balaban J connectivity index is 1.95. The second-order valence-corrected chi connectivity index (χ2v) is 5.37. The van der Waals surface area contributed by atoms with E-state index in [2.05, 4.69) is 27.6 Å². The molecule has 0 unspecified atom stereocenters. The lowest BCUT2D eigenvalue weighted by Gasteiger charge is -1.96. The molecule has 0 saturated carbocycles. The number of aromatic nitrogens is 1. The molecule has 0 fully saturated rings. The second kappa shape index (κ2) is 5.05. The lowest BCUT2D eigenvalue weighted by atomic mass is 10.2. The Hall–Kier alpha value is -1.82. The number of benzene rings is 2. The standard InChI is InChI=1S/C15H11IN2O/c16-11-6-7-14-13(9-11)18-15(19-14)8-5-10-3-1-2-4-12(10)17/h1-9H,17H2/b8-5+. The molecule has 3 rings (SSSR count). The fourth-order valence-corrected chi connectivity index (χ4v) is 2.29. The molecule has 94 valence electrons. The van der Waals surface area contributed by atoms with Crippen molar-refractivity contribution in [1.82, 2.24) is 4.98 Å². The SMILES string of the molecule is Nc1ccccc1/C=C/c1nc2cc(I)ccc2o1. The molecule has 2 N–H and O–H groups in total. The van der Waals surface area contributed by atoms with Crippen molar-refractivity contribution in [1.29, 1.82) is 0 Å². The van der Waals surface area contributed by atoms with E-state index in [9.17, 15) is 0 Å². The molecule has 3 nitrogen and oxygen atoms in total. The average molecular weight is 362 g/mol. The van der Waals surface area contributed by atoms with Crippen molar-refractivity contribution in [3.8, 4) is 0 Å². The number of fused-ring (bicyclic) bond motifs is 1. The summed E-state index contributed by atoms with van der Waals surface area (Å²) in [5.74, 6) is 0.584. The van der Waals surface area contributed by atoms with Crippen molar-refractivity contribution in [2.75, 3.05) is 5.73 Å². The maximum atomic E-state index is 5.88. The highest BCUT2D eigenvalue weighted by Gasteiger charge is 2.03. The summed E-state index contributed by atoms with van der Waals surface area (Å²) in [6.07, 6.45) is 3.74. The third-order valence-corrected chi connectivity index (χ3v) is 3.44. The van der Waals surface area contributed by atoms with Crippen LogP contribution in [0, 0.1) is 3.57 Å². The molecule has 1 heterocycles. The molecule has 3 aromatic rings. The monoisotopic (exact) mass is 362 g/mol. The Kier molecular flexibility index (Phi) is 3.25. The lowest BCUT2D eigenvalue weighted by Crippen LogP contribution is -1.87. The summed E-state index contributed by atoms with van der Waals surface area (Å²) in [5.41, 5.74) is 9.24. The normalized spacial score (nSPS) is 11.4. The lowest BCUT2D eigenvalue weighted by molar-refractivity contribution is 0.589. The van der Waals surface area contributed by atoms with Crippen LogP contribution in [0.4, 0.5) is 5.69 Å². The second-order valence-electron chi connectivity index (χ2n) is 4.13. The molecule has 0 amide bonds. The maximum Gasteiger partial charge on any atom is 0.220 e. The van der Waals surface area contributed by atoms with Crippen LogP contribution < -0.4 is 5.73 Å². The van der Waals surface area contributed by atoms with Gasteiger partial charge in [0.2, 0.25) is 5.89 Å². The number of para-hydroxylation sites is 1. The Morgan fingerprint density at radius 1 is 1.11 bits per heavy atom. The minimum absolute atomic E-state index is 0.584. The van der Waals surface area contributed by atoms with Gasteiger partial charge in [-0.05, 0) is 58.5 Å². The number of nitrogens with zero attached hydrogens (tertiary/aromatic N) is 1. The van der Waals surface area contributed by atoms with Gasteiger partial charge in [0.25, 0.3) is 0 Å². The van der Waals surface area contributed by atoms with Crippen molar-refractivity contribution >= 4 is 51.5 Å². The van der Waals surface area contributed by atoms with Crippen molar-refractivity contribution < 1.29 is 4.42 Å². The predicted molar refractivity (Wildman–Crippen MR) is 86.5 cm³/mol. The molecule has 1 aromatic heterocycles. The summed E-state index contributed by atoms with van der Waals surface area (Å²) >= 11 is 2.26. The summed E-state index contributed by atoms with van der Waals surface area (Å²) in [4.78, 5) is 4.42. The number of halogens is 1. The number of hydrogen-bond acceptors (Lipinski definition) is 3. The van der Waals surface area contributed by atoms with E-state index in [-0.39, 0.29) is 0 Å². The van der Waals surface area contributed by atoms with Gasteiger partial charge in [-0.1, -0.05) is 18.2 Å². The number of anilines is 1. The first kappa shape index (κ1) is 12.2. The molecule has 0 aliphatic heterocycles. The molecule has 0 spiro atoms. The quantitative estimate of drug-likeness (QED) is 0.550. The van der Waals surface area contributed by atoms with E-state index in [0.717, 1.165) is 25.9 Å². The maximum absolute atomic E-state index is 5.88. The first-order valence-corrected chi connectivity index (χ1v) is 6.89. The van der Waals surface area contributed by atoms with E-state index in [4.69, 9.17) is 10.2 Å². The van der Waals surface area contributed by atoms with E-state index in [1.807, 2.05) is 54.6 Å². The van der Waals surface area contributed by atoms with E-state index < -0.39 is 0 Å². The van der Waals surface area contributed by atoms with Gasteiger partial charge in [0.15, 0.2) is 5.58 Å². The zero-order chi connectivity index (χ0) is 13.2. The first-order valence-electron chi connectivity index (χ1n) is 5.81. The molecule has 19 heavy (non-hydrogen) atoms. The molecular weight excluding hydrogens is 351 g/mol. The molecule has 0 bridgehead atoms. The van der Waals surface area contributed by atoms with Crippen molar-refractivity contribution in [3.05, 3.63) is 57.5 Å².